The van der Waals surface area contributed by atoms with Crippen molar-refractivity contribution in [2.75, 3.05) is 13.1 Å². The zero-order valence-corrected chi connectivity index (χ0v) is 12.3. The molecule has 11 heteroatoms. The van der Waals surface area contributed by atoms with Gasteiger partial charge in [-0.15, -0.1) is 0 Å². The smallest absolute Gasteiger partial charge is 0.326 e. The van der Waals surface area contributed by atoms with Gasteiger partial charge in [0.05, 0.1) is 13.0 Å². The maximum Gasteiger partial charge on any atom is 0.401 e. The van der Waals surface area contributed by atoms with Gasteiger partial charge in [-0.05, 0) is 26.3 Å². The number of nitrogens with zero attached hydrogens (tertiary/aromatic N) is 1. The van der Waals surface area contributed by atoms with Crippen molar-refractivity contribution in [3.05, 3.63) is 0 Å². The molecule has 1 atom stereocenters. The molecule has 128 valence electrons. The highest BCUT2D eigenvalue weighted by Crippen LogP contribution is 2.39. The van der Waals surface area contributed by atoms with Crippen LogP contribution in [0.4, 0.5) is 26.3 Å². The fraction of sp³-hybridized carbons (Fsp3) is 1.00. The van der Waals surface area contributed by atoms with E-state index >= 15 is 0 Å². The predicted molar refractivity (Wildman–Crippen MR) is 64.0 cm³/mol. The molecule has 0 aromatic heterocycles. The Morgan fingerprint density at radius 3 is 1.95 bits per heavy atom. The van der Waals surface area contributed by atoms with E-state index in [1.54, 1.807) is 0 Å². The average molecular weight is 345 g/mol. The van der Waals surface area contributed by atoms with Crippen LogP contribution in [0.2, 0.25) is 0 Å². The molecule has 0 bridgehead atoms. The van der Waals surface area contributed by atoms with E-state index < -0.39 is 39.1 Å². The van der Waals surface area contributed by atoms with Gasteiger partial charge in [-0.1, -0.05) is 6.42 Å². The third kappa shape index (κ3) is 10.1. The minimum absolute atomic E-state index is 0.0755. The molecular formula is C10H18F6NO3P. The van der Waals surface area contributed by atoms with Crippen molar-refractivity contribution in [1.29, 1.82) is 0 Å². The van der Waals surface area contributed by atoms with Crippen LogP contribution in [-0.4, -0.2) is 45.7 Å². The summed E-state index contributed by atoms with van der Waals surface area (Å²) in [5, 5.41) is 0. The minimum Gasteiger partial charge on any atom is -0.326 e. The standard InChI is InChI=1S/C10H15F6N.H3O3P/c1-8(6-9(11,12)13)4-2-3-5-17(8)7-10(14,15)16;1-4(2)3/h2-7H2,1H3;4H,(H2,1,2,3). The highest BCUT2D eigenvalue weighted by molar-refractivity contribution is 7.30. The Labute approximate surface area is 118 Å². The minimum atomic E-state index is -4.45. The number of alkyl halides is 6. The molecular weight excluding hydrogens is 327 g/mol. The lowest BCUT2D eigenvalue weighted by atomic mass is 9.85. The maximum atomic E-state index is 12.4. The molecule has 0 radical (unpaired) electrons. The Balaban J connectivity index is 0.000000885. The van der Waals surface area contributed by atoms with Crippen LogP contribution in [0.15, 0.2) is 0 Å². The van der Waals surface area contributed by atoms with Crippen LogP contribution in [0.25, 0.3) is 0 Å². The topological polar surface area (TPSA) is 60.8 Å². The Bertz CT molecular complexity index is 345. The summed E-state index contributed by atoms with van der Waals surface area (Å²) in [6, 6.07) is 0. The van der Waals surface area contributed by atoms with E-state index in [4.69, 9.17) is 14.4 Å². The van der Waals surface area contributed by atoms with Crippen LogP contribution in [0, 0.1) is 0 Å². The Morgan fingerprint density at radius 1 is 1.10 bits per heavy atom. The highest BCUT2D eigenvalue weighted by Gasteiger charge is 2.47. The SMILES string of the molecule is CC1(CC(F)(F)F)CCCCN1CC(F)(F)F.O=[PH](O)O. The Morgan fingerprint density at radius 2 is 1.57 bits per heavy atom. The molecule has 0 spiro atoms. The first-order valence-corrected chi connectivity index (χ1v) is 7.36. The van der Waals surface area contributed by atoms with E-state index in [0.717, 1.165) is 4.90 Å². The molecule has 0 aliphatic carbocycles. The molecule has 1 unspecified atom stereocenters. The van der Waals surface area contributed by atoms with E-state index in [0.29, 0.717) is 12.8 Å². The van der Waals surface area contributed by atoms with Gasteiger partial charge in [0, 0.05) is 5.54 Å². The van der Waals surface area contributed by atoms with E-state index in [1.165, 1.54) is 6.92 Å². The van der Waals surface area contributed by atoms with Gasteiger partial charge in [0.15, 0.2) is 0 Å². The molecule has 4 nitrogen and oxygen atoms in total. The number of halogens is 6. The van der Waals surface area contributed by atoms with Crippen LogP contribution in [-0.2, 0) is 4.57 Å². The van der Waals surface area contributed by atoms with Crippen LogP contribution < -0.4 is 0 Å². The number of likely N-dealkylation sites (tertiary alicyclic amines) is 1. The highest BCUT2D eigenvalue weighted by atomic mass is 31.1. The van der Waals surface area contributed by atoms with Crippen LogP contribution in [0.5, 0.6) is 0 Å². The normalized spacial score (nSPS) is 24.7. The molecule has 1 heterocycles. The first-order valence-electron chi connectivity index (χ1n) is 6.06. The van der Waals surface area contributed by atoms with Crippen LogP contribution in [0.1, 0.15) is 32.6 Å². The summed E-state index contributed by atoms with van der Waals surface area (Å²) in [5.41, 5.74) is -1.42. The fourth-order valence-corrected chi connectivity index (χ4v) is 2.35. The molecule has 1 rings (SSSR count). The van der Waals surface area contributed by atoms with Gasteiger partial charge in [-0.3, -0.25) is 9.46 Å². The van der Waals surface area contributed by atoms with Gasteiger partial charge in [-0.25, -0.2) is 0 Å². The van der Waals surface area contributed by atoms with Crippen molar-refractivity contribution in [3.8, 4) is 0 Å². The van der Waals surface area contributed by atoms with Crippen LogP contribution >= 0.6 is 8.25 Å². The second kappa shape index (κ2) is 7.80. The van der Waals surface area contributed by atoms with Crippen LogP contribution in [0.3, 0.4) is 0 Å². The molecule has 0 amide bonds. The molecule has 1 aliphatic heterocycles. The predicted octanol–water partition coefficient (Wildman–Crippen LogP) is 3.11. The molecule has 0 saturated carbocycles. The van der Waals surface area contributed by atoms with E-state index in [1.807, 2.05) is 0 Å². The van der Waals surface area contributed by atoms with Crippen molar-refractivity contribution < 1.29 is 40.7 Å². The van der Waals surface area contributed by atoms with Gasteiger partial charge >= 0.3 is 20.6 Å². The first kappa shape index (κ1) is 20.7. The molecule has 2 N–H and O–H groups in total. The van der Waals surface area contributed by atoms with E-state index in [9.17, 15) is 26.3 Å². The largest absolute Gasteiger partial charge is 0.401 e. The zero-order chi connectivity index (χ0) is 16.9. The lowest BCUT2D eigenvalue weighted by molar-refractivity contribution is -0.193. The molecule has 0 aromatic rings. The molecule has 1 fully saturated rings. The lowest BCUT2D eigenvalue weighted by Crippen LogP contribution is -2.54. The summed E-state index contributed by atoms with van der Waals surface area (Å²) < 4.78 is 82.8. The molecule has 1 aliphatic rings. The summed E-state index contributed by atoms with van der Waals surface area (Å²) in [4.78, 5) is 15.2. The van der Waals surface area contributed by atoms with Gasteiger partial charge in [0.2, 0.25) is 0 Å². The van der Waals surface area contributed by atoms with Crippen molar-refractivity contribution in [1.82, 2.24) is 4.90 Å². The monoisotopic (exact) mass is 345 g/mol. The van der Waals surface area contributed by atoms with Gasteiger partial charge < -0.3 is 9.79 Å². The number of hydrogen-bond donors (Lipinski definition) is 2. The van der Waals surface area contributed by atoms with Gasteiger partial charge in [0.1, 0.15) is 0 Å². The number of rotatable bonds is 2. The lowest BCUT2D eigenvalue weighted by Gasteiger charge is -2.45. The molecule has 21 heavy (non-hydrogen) atoms. The number of hydrogen-bond acceptors (Lipinski definition) is 2. The molecule has 0 aromatic carbocycles. The quantitative estimate of drug-likeness (QED) is 0.596. The summed E-state index contributed by atoms with van der Waals surface area (Å²) in [7, 11) is -3.13. The maximum absolute atomic E-state index is 12.4. The average Bonchev–Trinajstić information content (AvgIpc) is 2.16. The van der Waals surface area contributed by atoms with Crippen molar-refractivity contribution >= 4 is 8.25 Å². The van der Waals surface area contributed by atoms with Crippen molar-refractivity contribution in [3.63, 3.8) is 0 Å². The van der Waals surface area contributed by atoms with Crippen molar-refractivity contribution in [2.45, 2.75) is 50.5 Å². The molecule has 1 saturated heterocycles. The summed E-state index contributed by atoms with van der Waals surface area (Å²) in [6.45, 7) is 0.0804. The Hall–Kier alpha value is -0.310. The van der Waals surface area contributed by atoms with E-state index in [2.05, 4.69) is 0 Å². The Kier molecular flexibility index (Phi) is 7.69. The third-order valence-electron chi connectivity index (χ3n) is 3.11. The number of piperidine rings is 1. The van der Waals surface area contributed by atoms with Gasteiger partial charge in [-0.2, -0.15) is 26.3 Å². The third-order valence-corrected chi connectivity index (χ3v) is 3.11. The fourth-order valence-electron chi connectivity index (χ4n) is 2.35. The second-order valence-corrected chi connectivity index (χ2v) is 5.63. The summed E-state index contributed by atoms with van der Waals surface area (Å²) >= 11 is 0. The summed E-state index contributed by atoms with van der Waals surface area (Å²) in [5.74, 6) is 0. The first-order chi connectivity index (χ1) is 9.25. The van der Waals surface area contributed by atoms with E-state index in [-0.39, 0.29) is 13.0 Å². The summed E-state index contributed by atoms with van der Waals surface area (Å²) in [6.07, 6.45) is -8.86. The van der Waals surface area contributed by atoms with Crippen molar-refractivity contribution in [2.24, 2.45) is 0 Å². The second-order valence-electron chi connectivity index (χ2n) is 5.07. The zero-order valence-electron chi connectivity index (χ0n) is 11.3. The van der Waals surface area contributed by atoms with Gasteiger partial charge in [0.25, 0.3) is 0 Å².